The summed E-state index contributed by atoms with van der Waals surface area (Å²) in [7, 11) is 5.95. The third-order valence-electron chi connectivity index (χ3n) is 13.9. The molecule has 9 nitrogen and oxygen atoms in total. The van der Waals surface area contributed by atoms with Crippen LogP contribution >= 0.6 is 0 Å². The average Bonchev–Trinajstić information content (AvgIpc) is 3.46. The van der Waals surface area contributed by atoms with Crippen LogP contribution in [0.4, 0.5) is 0 Å². The molecule has 0 aliphatic heterocycles. The Morgan fingerprint density at radius 1 is 0.361 bits per heavy atom. The number of likely N-dealkylation sites (N-methyl/N-ethyl adjacent to an activating group) is 1. The first-order valence-corrected chi connectivity index (χ1v) is 33.3. The van der Waals surface area contributed by atoms with Gasteiger partial charge in [-0.15, -0.1) is 0 Å². The molecule has 0 saturated heterocycles. The Morgan fingerprint density at radius 2 is 0.651 bits per heavy atom. The number of carbonyl (C=O) groups excluding carboxylic acids is 2. The minimum atomic E-state index is -1.53. The van der Waals surface area contributed by atoms with Crippen LogP contribution in [-0.2, 0) is 33.3 Å². The number of unbranched alkanes of at least 4 members (excludes halogenated alkanes) is 23. The Hall–Kier alpha value is -4.57. The molecule has 0 aliphatic carbocycles. The molecule has 0 radical (unpaired) electrons. The predicted molar refractivity (Wildman–Crippen MR) is 354 cm³/mol. The Morgan fingerprint density at radius 3 is 0.988 bits per heavy atom. The quantitative estimate of drug-likeness (QED) is 0.0211. The van der Waals surface area contributed by atoms with Crippen LogP contribution in [0.2, 0.25) is 0 Å². The molecule has 0 aromatic heterocycles. The van der Waals surface area contributed by atoms with E-state index < -0.39 is 24.3 Å². The van der Waals surface area contributed by atoms with Crippen molar-refractivity contribution >= 4 is 17.9 Å². The van der Waals surface area contributed by atoms with Crippen molar-refractivity contribution in [1.29, 1.82) is 0 Å². The summed E-state index contributed by atoms with van der Waals surface area (Å²) in [5.41, 5.74) is 0. The van der Waals surface area contributed by atoms with Crippen molar-refractivity contribution in [2.45, 2.75) is 270 Å². The summed E-state index contributed by atoms with van der Waals surface area (Å²) >= 11 is 0. The molecule has 472 valence electrons. The molecule has 0 saturated carbocycles. The number of aliphatic carboxylic acids is 1. The van der Waals surface area contributed by atoms with Crippen molar-refractivity contribution in [3.05, 3.63) is 134 Å². The van der Waals surface area contributed by atoms with Gasteiger partial charge in [0.2, 0.25) is 0 Å². The molecular formula is C74H124NO8+. The van der Waals surface area contributed by atoms with E-state index in [9.17, 15) is 19.5 Å². The first kappa shape index (κ1) is 78.4. The number of hydrogen-bond donors (Lipinski definition) is 1. The van der Waals surface area contributed by atoms with Crippen molar-refractivity contribution < 1.29 is 42.9 Å². The summed E-state index contributed by atoms with van der Waals surface area (Å²) in [5.74, 6) is -2.07. The maximum atomic E-state index is 12.9. The molecular weight excluding hydrogens is 1030 g/mol. The van der Waals surface area contributed by atoms with Crippen LogP contribution in [0.5, 0.6) is 0 Å². The van der Waals surface area contributed by atoms with E-state index in [1.54, 1.807) is 0 Å². The fraction of sp³-hybridized carbons (Fsp3) is 0.662. The van der Waals surface area contributed by atoms with Crippen molar-refractivity contribution in [2.75, 3.05) is 47.5 Å². The summed E-state index contributed by atoms with van der Waals surface area (Å²) < 4.78 is 22.9. The Labute approximate surface area is 509 Å². The molecule has 2 atom stereocenters. The van der Waals surface area contributed by atoms with Crippen molar-refractivity contribution in [3.8, 4) is 0 Å². The predicted octanol–water partition coefficient (Wildman–Crippen LogP) is 20.6. The molecule has 1 N–H and O–H groups in total. The van der Waals surface area contributed by atoms with Crippen LogP contribution in [0.25, 0.3) is 0 Å². The van der Waals surface area contributed by atoms with Gasteiger partial charge in [-0.25, -0.2) is 4.79 Å². The van der Waals surface area contributed by atoms with E-state index in [4.69, 9.17) is 18.9 Å². The van der Waals surface area contributed by atoms with Crippen LogP contribution in [-0.4, -0.2) is 87.4 Å². The van der Waals surface area contributed by atoms with Crippen LogP contribution in [0.3, 0.4) is 0 Å². The monoisotopic (exact) mass is 1150 g/mol. The fourth-order valence-corrected chi connectivity index (χ4v) is 8.87. The summed E-state index contributed by atoms with van der Waals surface area (Å²) in [6, 6.07) is 0. The number of allylic oxidation sites excluding steroid dienone is 22. The van der Waals surface area contributed by atoms with Gasteiger partial charge in [0.15, 0.2) is 6.10 Å². The van der Waals surface area contributed by atoms with E-state index in [0.29, 0.717) is 17.4 Å². The summed E-state index contributed by atoms with van der Waals surface area (Å²) in [4.78, 5) is 37.5. The Balaban J connectivity index is 4.11. The molecule has 0 fully saturated rings. The van der Waals surface area contributed by atoms with Gasteiger partial charge >= 0.3 is 17.9 Å². The lowest BCUT2D eigenvalue weighted by Crippen LogP contribution is -2.40. The largest absolute Gasteiger partial charge is 0.477 e. The molecule has 0 rings (SSSR count). The number of esters is 2. The van der Waals surface area contributed by atoms with Crippen molar-refractivity contribution in [1.82, 2.24) is 0 Å². The summed E-state index contributed by atoms with van der Waals surface area (Å²) in [6.07, 6.45) is 88.6. The number of carboxylic acid groups (broad SMARTS) is 1. The van der Waals surface area contributed by atoms with E-state index in [2.05, 4.69) is 148 Å². The van der Waals surface area contributed by atoms with Crippen LogP contribution < -0.4 is 0 Å². The van der Waals surface area contributed by atoms with Gasteiger partial charge in [-0.3, -0.25) is 9.59 Å². The average molecular weight is 1160 g/mol. The van der Waals surface area contributed by atoms with Gasteiger partial charge in [-0.1, -0.05) is 270 Å². The van der Waals surface area contributed by atoms with E-state index in [1.807, 2.05) is 21.1 Å². The lowest BCUT2D eigenvalue weighted by molar-refractivity contribution is -0.870. The molecule has 0 aromatic carbocycles. The molecule has 0 amide bonds. The molecule has 2 unspecified atom stereocenters. The second-order valence-corrected chi connectivity index (χ2v) is 23.0. The molecule has 0 bridgehead atoms. The molecule has 9 heteroatoms. The van der Waals surface area contributed by atoms with Crippen molar-refractivity contribution in [3.63, 3.8) is 0 Å². The van der Waals surface area contributed by atoms with Gasteiger partial charge in [0.25, 0.3) is 6.29 Å². The van der Waals surface area contributed by atoms with Crippen molar-refractivity contribution in [2.24, 2.45) is 0 Å². The third kappa shape index (κ3) is 64.8. The van der Waals surface area contributed by atoms with Crippen LogP contribution in [0.1, 0.15) is 258 Å². The Kier molecular flexibility index (Phi) is 60.0. The number of nitrogens with zero attached hydrogens (tertiary/aromatic N) is 1. The number of carboxylic acids is 1. The van der Waals surface area contributed by atoms with Gasteiger partial charge in [0.1, 0.15) is 13.2 Å². The number of quaternary nitrogens is 1. The standard InChI is InChI=1S/C74H123NO8/c1-6-8-10-12-14-16-18-20-22-24-26-28-29-30-31-32-33-34-35-36-37-38-39-40-41-42-43-45-46-48-50-52-54-56-58-60-62-64-71(76)81-68-70(69-82-74(73(78)79)80-67-66-75(3,4)5)83-72(77)65-63-61-59-57-55-53-51-49-47-44-27-25-23-21-19-17-15-13-11-9-7-2/h8-11,14-17,20-23,26-28,30-31,44,49,51,55,57,70,74H,6-7,12-13,18-19,24-25,29,32-43,45-48,50,52-54,56,58-69H2,1-5H3/p+1/b10-8-,11-9-,16-14-,17-15-,22-20-,23-21-,28-26-,31-30-,44-27-,51-49-,57-55-. The third-order valence-corrected chi connectivity index (χ3v) is 13.9. The summed E-state index contributed by atoms with van der Waals surface area (Å²) in [5, 5.41) is 9.72. The molecule has 0 aliphatic rings. The van der Waals surface area contributed by atoms with Gasteiger partial charge in [-0.2, -0.15) is 0 Å². The SMILES string of the molecule is CC/C=C\C/C=C\C/C=C\C/C=C\C/C=C\C/C=C\CCCCC(=O)OC(COC(=O)CCCCCCCCCCCCCCCCCCCCCCC/C=C\C/C=C\C/C=C\C/C=C\C/C=C\CC)COC(OCC[N+](C)(C)C)C(=O)O. The topological polar surface area (TPSA) is 108 Å². The number of carbonyl (C=O) groups is 3. The maximum absolute atomic E-state index is 12.9. The van der Waals surface area contributed by atoms with Gasteiger partial charge < -0.3 is 28.5 Å². The van der Waals surface area contributed by atoms with Gasteiger partial charge in [0, 0.05) is 12.8 Å². The number of rotatable bonds is 60. The molecule has 0 aromatic rings. The number of ether oxygens (including phenoxy) is 4. The Bertz CT molecular complexity index is 1820. The first-order chi connectivity index (χ1) is 40.6. The molecule has 0 spiro atoms. The fourth-order valence-electron chi connectivity index (χ4n) is 8.87. The lowest BCUT2D eigenvalue weighted by atomic mass is 10.0. The zero-order valence-corrected chi connectivity index (χ0v) is 53.8. The lowest BCUT2D eigenvalue weighted by Gasteiger charge is -2.25. The van der Waals surface area contributed by atoms with E-state index in [-0.39, 0.29) is 38.6 Å². The summed E-state index contributed by atoms with van der Waals surface area (Å²) in [6.45, 7) is 4.60. The minimum absolute atomic E-state index is 0.174. The maximum Gasteiger partial charge on any atom is 0.361 e. The van der Waals surface area contributed by atoms with E-state index in [1.165, 1.54) is 122 Å². The minimum Gasteiger partial charge on any atom is -0.477 e. The number of hydrogen-bond acceptors (Lipinski definition) is 7. The highest BCUT2D eigenvalue weighted by Gasteiger charge is 2.25. The molecule has 83 heavy (non-hydrogen) atoms. The second kappa shape index (κ2) is 63.5. The zero-order valence-electron chi connectivity index (χ0n) is 53.8. The van der Waals surface area contributed by atoms with Gasteiger partial charge in [-0.05, 0) is 109 Å². The van der Waals surface area contributed by atoms with Gasteiger partial charge in [0.05, 0.1) is 34.4 Å². The van der Waals surface area contributed by atoms with Crippen LogP contribution in [0.15, 0.2) is 134 Å². The molecule has 0 heterocycles. The highest BCUT2D eigenvalue weighted by atomic mass is 16.7. The smallest absolute Gasteiger partial charge is 0.361 e. The second-order valence-electron chi connectivity index (χ2n) is 23.0. The van der Waals surface area contributed by atoms with E-state index in [0.717, 1.165) is 103 Å². The highest BCUT2D eigenvalue weighted by molar-refractivity contribution is 5.71. The zero-order chi connectivity index (χ0) is 60.5. The first-order valence-electron chi connectivity index (χ1n) is 33.3. The highest BCUT2D eigenvalue weighted by Crippen LogP contribution is 2.17. The van der Waals surface area contributed by atoms with Crippen LogP contribution in [0, 0.1) is 0 Å². The van der Waals surface area contributed by atoms with E-state index >= 15 is 0 Å². The normalized spacial score (nSPS) is 13.6.